The van der Waals surface area contributed by atoms with Gasteiger partial charge in [0.15, 0.2) is 0 Å². The summed E-state index contributed by atoms with van der Waals surface area (Å²) in [4.78, 5) is 27.1. The maximum absolute atomic E-state index is 12.2. The third-order valence-corrected chi connectivity index (χ3v) is 3.64. The SMILES string of the molecule is O=C1CCCN1CCCC(=O)N(CCO)Cc1ccco1. The van der Waals surface area contributed by atoms with Gasteiger partial charge in [0.05, 0.1) is 19.4 Å². The van der Waals surface area contributed by atoms with E-state index >= 15 is 0 Å². The van der Waals surface area contributed by atoms with E-state index in [2.05, 4.69) is 0 Å². The topological polar surface area (TPSA) is 74.0 Å². The molecular weight excluding hydrogens is 272 g/mol. The van der Waals surface area contributed by atoms with Crippen molar-refractivity contribution in [3.05, 3.63) is 24.2 Å². The molecule has 0 aliphatic carbocycles. The van der Waals surface area contributed by atoms with Crippen LogP contribution in [0.15, 0.2) is 22.8 Å². The first-order chi connectivity index (χ1) is 10.2. The number of furan rings is 1. The summed E-state index contributed by atoms with van der Waals surface area (Å²) >= 11 is 0. The Balaban J connectivity index is 1.76. The number of hydrogen-bond acceptors (Lipinski definition) is 4. The first-order valence-electron chi connectivity index (χ1n) is 7.39. The highest BCUT2D eigenvalue weighted by atomic mass is 16.3. The summed E-state index contributed by atoms with van der Waals surface area (Å²) in [5.74, 6) is 0.865. The molecule has 0 aromatic carbocycles. The van der Waals surface area contributed by atoms with E-state index in [1.807, 2.05) is 4.90 Å². The lowest BCUT2D eigenvalue weighted by Gasteiger charge is -2.21. The van der Waals surface area contributed by atoms with E-state index in [0.717, 1.165) is 13.0 Å². The van der Waals surface area contributed by atoms with Crippen molar-refractivity contribution in [3.63, 3.8) is 0 Å². The Morgan fingerprint density at radius 3 is 2.95 bits per heavy atom. The minimum atomic E-state index is -0.0724. The standard InChI is InChI=1S/C15H22N2O4/c18-10-9-17(12-13-4-3-11-21-13)15(20)6-2-8-16-7-1-5-14(16)19/h3-4,11,18H,1-2,5-10,12H2. The van der Waals surface area contributed by atoms with Gasteiger partial charge in [-0.1, -0.05) is 0 Å². The molecule has 0 saturated carbocycles. The van der Waals surface area contributed by atoms with Gasteiger partial charge in [-0.2, -0.15) is 0 Å². The minimum absolute atomic E-state index is 0.0212. The molecule has 6 nitrogen and oxygen atoms in total. The van der Waals surface area contributed by atoms with Crippen molar-refractivity contribution in [2.75, 3.05) is 26.2 Å². The molecule has 6 heteroatoms. The molecule has 1 aromatic heterocycles. The van der Waals surface area contributed by atoms with Crippen molar-refractivity contribution in [2.45, 2.75) is 32.2 Å². The molecule has 0 atom stereocenters. The average Bonchev–Trinajstić information content (AvgIpc) is 3.11. The summed E-state index contributed by atoms with van der Waals surface area (Å²) in [6.07, 6.45) is 4.15. The lowest BCUT2D eigenvalue weighted by molar-refractivity contribution is -0.133. The van der Waals surface area contributed by atoms with Crippen molar-refractivity contribution >= 4 is 11.8 Å². The molecule has 1 N–H and O–H groups in total. The molecule has 1 aliphatic rings. The highest BCUT2D eigenvalue weighted by molar-refractivity contribution is 5.78. The van der Waals surface area contributed by atoms with Crippen LogP contribution in [0.25, 0.3) is 0 Å². The van der Waals surface area contributed by atoms with Gasteiger partial charge >= 0.3 is 0 Å². The van der Waals surface area contributed by atoms with Crippen LogP contribution in [-0.2, 0) is 16.1 Å². The van der Waals surface area contributed by atoms with Crippen LogP contribution < -0.4 is 0 Å². The zero-order valence-corrected chi connectivity index (χ0v) is 12.2. The van der Waals surface area contributed by atoms with Gasteiger partial charge in [0.2, 0.25) is 11.8 Å². The van der Waals surface area contributed by atoms with Crippen molar-refractivity contribution in [3.8, 4) is 0 Å². The van der Waals surface area contributed by atoms with E-state index in [1.54, 1.807) is 23.3 Å². The third kappa shape index (κ3) is 4.60. The molecule has 0 bridgehead atoms. The summed E-state index contributed by atoms with van der Waals surface area (Å²) < 4.78 is 5.23. The Hall–Kier alpha value is -1.82. The number of hydrogen-bond donors (Lipinski definition) is 1. The molecule has 21 heavy (non-hydrogen) atoms. The maximum Gasteiger partial charge on any atom is 0.223 e. The fraction of sp³-hybridized carbons (Fsp3) is 0.600. The molecule has 0 unspecified atom stereocenters. The molecular formula is C15H22N2O4. The van der Waals surface area contributed by atoms with Gasteiger partial charge < -0.3 is 19.3 Å². The quantitative estimate of drug-likeness (QED) is 0.776. The number of aliphatic hydroxyl groups excluding tert-OH is 1. The van der Waals surface area contributed by atoms with Crippen LogP contribution in [0, 0.1) is 0 Å². The maximum atomic E-state index is 12.2. The smallest absolute Gasteiger partial charge is 0.223 e. The number of aliphatic hydroxyl groups is 1. The van der Waals surface area contributed by atoms with E-state index < -0.39 is 0 Å². The second-order valence-corrected chi connectivity index (χ2v) is 5.21. The fourth-order valence-electron chi connectivity index (χ4n) is 2.52. The molecule has 2 amide bonds. The molecule has 1 aliphatic heterocycles. The van der Waals surface area contributed by atoms with Crippen LogP contribution in [0.2, 0.25) is 0 Å². The van der Waals surface area contributed by atoms with Crippen molar-refractivity contribution in [1.82, 2.24) is 9.80 Å². The second kappa shape index (κ2) is 7.83. The molecule has 1 saturated heterocycles. The van der Waals surface area contributed by atoms with Gasteiger partial charge in [-0.3, -0.25) is 9.59 Å². The molecule has 0 radical (unpaired) electrons. The van der Waals surface area contributed by atoms with Crippen molar-refractivity contribution in [2.24, 2.45) is 0 Å². The van der Waals surface area contributed by atoms with Crippen LogP contribution in [-0.4, -0.2) is 53.0 Å². The van der Waals surface area contributed by atoms with E-state index in [0.29, 0.717) is 44.7 Å². The monoisotopic (exact) mass is 294 g/mol. The summed E-state index contributed by atoms with van der Waals surface area (Å²) in [6, 6.07) is 3.58. The normalized spacial score (nSPS) is 14.7. The van der Waals surface area contributed by atoms with Gasteiger partial charge in [-0.15, -0.1) is 0 Å². The number of amides is 2. The number of nitrogens with zero attached hydrogens (tertiary/aromatic N) is 2. The van der Waals surface area contributed by atoms with E-state index in [9.17, 15) is 9.59 Å². The zero-order valence-electron chi connectivity index (χ0n) is 12.2. The summed E-state index contributed by atoms with van der Waals surface area (Å²) in [6.45, 7) is 2.03. The largest absolute Gasteiger partial charge is 0.467 e. The number of carbonyl (C=O) groups excluding carboxylic acids is 2. The van der Waals surface area contributed by atoms with Gasteiger partial charge in [0, 0.05) is 32.5 Å². The van der Waals surface area contributed by atoms with E-state index in [4.69, 9.17) is 9.52 Å². The van der Waals surface area contributed by atoms with Crippen LogP contribution >= 0.6 is 0 Å². The number of rotatable bonds is 8. The highest BCUT2D eigenvalue weighted by Crippen LogP contribution is 2.12. The summed E-state index contributed by atoms with van der Waals surface area (Å²) in [5.41, 5.74) is 0. The first kappa shape index (κ1) is 15.6. The third-order valence-electron chi connectivity index (χ3n) is 3.64. The van der Waals surface area contributed by atoms with E-state index in [1.165, 1.54) is 0 Å². The summed E-state index contributed by atoms with van der Waals surface area (Å²) in [7, 11) is 0. The Bertz CT molecular complexity index is 458. The van der Waals surface area contributed by atoms with Crippen LogP contribution in [0.5, 0.6) is 0 Å². The average molecular weight is 294 g/mol. The van der Waals surface area contributed by atoms with Gasteiger partial charge in [0.1, 0.15) is 5.76 Å². The Kier molecular flexibility index (Phi) is 5.80. The number of likely N-dealkylation sites (tertiary alicyclic amines) is 1. The first-order valence-corrected chi connectivity index (χ1v) is 7.39. The molecule has 1 aromatic rings. The lowest BCUT2D eigenvalue weighted by Crippen LogP contribution is -2.34. The Morgan fingerprint density at radius 2 is 2.33 bits per heavy atom. The van der Waals surface area contributed by atoms with Crippen molar-refractivity contribution < 1.29 is 19.1 Å². The predicted molar refractivity (Wildman–Crippen MR) is 76.3 cm³/mol. The minimum Gasteiger partial charge on any atom is -0.467 e. The van der Waals surface area contributed by atoms with E-state index in [-0.39, 0.29) is 18.4 Å². The van der Waals surface area contributed by atoms with Gasteiger partial charge in [-0.25, -0.2) is 0 Å². The second-order valence-electron chi connectivity index (χ2n) is 5.21. The van der Waals surface area contributed by atoms with Crippen LogP contribution in [0.1, 0.15) is 31.4 Å². The van der Waals surface area contributed by atoms with Gasteiger partial charge in [-0.05, 0) is 25.0 Å². The summed E-state index contributed by atoms with van der Waals surface area (Å²) in [5, 5.41) is 9.07. The Morgan fingerprint density at radius 1 is 1.48 bits per heavy atom. The van der Waals surface area contributed by atoms with Crippen molar-refractivity contribution in [1.29, 1.82) is 0 Å². The van der Waals surface area contributed by atoms with Gasteiger partial charge in [0.25, 0.3) is 0 Å². The fourth-order valence-corrected chi connectivity index (χ4v) is 2.52. The molecule has 0 spiro atoms. The molecule has 2 heterocycles. The zero-order chi connectivity index (χ0) is 15.1. The Labute approximate surface area is 124 Å². The predicted octanol–water partition coefficient (Wildman–Crippen LogP) is 1.00. The molecule has 116 valence electrons. The highest BCUT2D eigenvalue weighted by Gasteiger charge is 2.20. The van der Waals surface area contributed by atoms with Crippen LogP contribution in [0.3, 0.4) is 0 Å². The number of carbonyl (C=O) groups is 2. The van der Waals surface area contributed by atoms with Crippen LogP contribution in [0.4, 0.5) is 0 Å². The molecule has 1 fully saturated rings. The lowest BCUT2D eigenvalue weighted by atomic mass is 10.2. The molecule has 2 rings (SSSR count).